The summed E-state index contributed by atoms with van der Waals surface area (Å²) in [4.78, 5) is 40.1. The van der Waals surface area contributed by atoms with E-state index in [2.05, 4.69) is 21.2 Å². The SMILES string of the molecule is CC[C@H](C)NC(=O)[C@H](C)N(Cc1ccc(Br)cc1)C(=O)CCCN1C(=O)c2ccccc2S1(=O)=O. The summed E-state index contributed by atoms with van der Waals surface area (Å²) >= 11 is 3.39. The van der Waals surface area contributed by atoms with Gasteiger partial charge in [-0.3, -0.25) is 14.4 Å². The van der Waals surface area contributed by atoms with Crippen molar-refractivity contribution in [3.8, 4) is 0 Å². The number of carbonyl (C=O) groups is 3. The fourth-order valence-electron chi connectivity index (χ4n) is 3.80. The number of rotatable bonds is 10. The summed E-state index contributed by atoms with van der Waals surface area (Å²) in [6.07, 6.45) is 0.904. The molecule has 0 unspecified atom stereocenters. The van der Waals surface area contributed by atoms with E-state index in [1.165, 1.54) is 17.0 Å². The van der Waals surface area contributed by atoms with E-state index in [1.807, 2.05) is 38.1 Å². The van der Waals surface area contributed by atoms with Gasteiger partial charge >= 0.3 is 0 Å². The zero-order valence-corrected chi connectivity index (χ0v) is 22.4. The Morgan fingerprint density at radius 3 is 2.37 bits per heavy atom. The third kappa shape index (κ3) is 6.10. The maximum Gasteiger partial charge on any atom is 0.269 e. The molecule has 0 spiro atoms. The smallest absolute Gasteiger partial charge is 0.269 e. The highest BCUT2D eigenvalue weighted by molar-refractivity contribution is 9.10. The molecular weight excluding hydrogens is 534 g/mol. The number of halogens is 1. The van der Waals surface area contributed by atoms with E-state index in [0.717, 1.165) is 20.8 Å². The molecule has 0 bridgehead atoms. The highest BCUT2D eigenvalue weighted by Gasteiger charge is 2.40. The molecule has 0 aromatic heterocycles. The normalized spacial score (nSPS) is 15.9. The van der Waals surface area contributed by atoms with Crippen LogP contribution in [0, 0.1) is 0 Å². The van der Waals surface area contributed by atoms with Crippen molar-refractivity contribution in [1.29, 1.82) is 0 Å². The number of sulfonamides is 1. The van der Waals surface area contributed by atoms with Crippen LogP contribution in [0.4, 0.5) is 0 Å². The molecule has 2 atom stereocenters. The summed E-state index contributed by atoms with van der Waals surface area (Å²) in [5, 5.41) is 2.91. The number of nitrogens with zero attached hydrogens (tertiary/aromatic N) is 2. The standard InChI is InChI=1S/C25H30BrN3O5S/c1-4-17(2)27-24(31)18(3)28(16-19-11-13-20(26)14-12-19)23(30)10-7-15-29-25(32)21-8-5-6-9-22(21)35(29,33)34/h5-6,8-9,11-14,17-18H,4,7,10,15-16H2,1-3H3,(H,27,31)/t17-,18-/m0/s1. The predicted octanol–water partition coefficient (Wildman–Crippen LogP) is 3.71. The van der Waals surface area contributed by atoms with Crippen LogP contribution in [-0.2, 0) is 26.2 Å². The first-order valence-corrected chi connectivity index (χ1v) is 13.8. The van der Waals surface area contributed by atoms with Crippen LogP contribution in [0.2, 0.25) is 0 Å². The van der Waals surface area contributed by atoms with Crippen LogP contribution in [0.15, 0.2) is 57.9 Å². The topological polar surface area (TPSA) is 104 Å². The van der Waals surface area contributed by atoms with E-state index >= 15 is 0 Å². The molecule has 2 aromatic carbocycles. The van der Waals surface area contributed by atoms with Crippen LogP contribution >= 0.6 is 15.9 Å². The molecule has 188 valence electrons. The molecule has 35 heavy (non-hydrogen) atoms. The molecule has 1 aliphatic rings. The van der Waals surface area contributed by atoms with E-state index < -0.39 is 22.0 Å². The first kappa shape index (κ1) is 26.9. The number of hydrogen-bond acceptors (Lipinski definition) is 5. The molecule has 1 heterocycles. The van der Waals surface area contributed by atoms with Crippen LogP contribution in [0.3, 0.4) is 0 Å². The molecular formula is C25H30BrN3O5S. The van der Waals surface area contributed by atoms with E-state index in [-0.39, 0.29) is 54.2 Å². The molecule has 3 amide bonds. The van der Waals surface area contributed by atoms with E-state index in [0.29, 0.717) is 0 Å². The molecule has 0 fully saturated rings. The molecule has 0 radical (unpaired) electrons. The Morgan fingerprint density at radius 2 is 1.74 bits per heavy atom. The number of nitrogens with one attached hydrogen (secondary N) is 1. The molecule has 0 aliphatic carbocycles. The van der Waals surface area contributed by atoms with E-state index in [1.54, 1.807) is 19.1 Å². The van der Waals surface area contributed by atoms with Crippen molar-refractivity contribution in [2.45, 2.75) is 63.6 Å². The zero-order chi connectivity index (χ0) is 25.8. The number of carbonyl (C=O) groups excluding carboxylic acids is 3. The third-order valence-electron chi connectivity index (χ3n) is 6.10. The van der Waals surface area contributed by atoms with E-state index in [9.17, 15) is 22.8 Å². The molecule has 0 saturated carbocycles. The highest BCUT2D eigenvalue weighted by atomic mass is 79.9. The Bertz CT molecular complexity index is 1200. The van der Waals surface area contributed by atoms with Gasteiger partial charge in [-0.25, -0.2) is 12.7 Å². The Kier molecular flexibility index (Phi) is 8.71. The first-order valence-electron chi connectivity index (χ1n) is 11.6. The summed E-state index contributed by atoms with van der Waals surface area (Å²) < 4.78 is 27.2. The third-order valence-corrected chi connectivity index (χ3v) is 8.47. The van der Waals surface area contributed by atoms with Gasteiger partial charge in [-0.2, -0.15) is 0 Å². The van der Waals surface area contributed by atoms with Gasteiger partial charge in [0.2, 0.25) is 11.8 Å². The Balaban J connectivity index is 1.71. The van der Waals surface area contributed by atoms with Gasteiger partial charge < -0.3 is 10.2 Å². The average Bonchev–Trinajstić information content (AvgIpc) is 3.03. The van der Waals surface area contributed by atoms with Gasteiger partial charge in [-0.15, -0.1) is 0 Å². The summed E-state index contributed by atoms with van der Waals surface area (Å²) in [5.41, 5.74) is 1.00. The maximum absolute atomic E-state index is 13.2. The summed E-state index contributed by atoms with van der Waals surface area (Å²) in [7, 11) is -3.92. The second kappa shape index (κ2) is 11.3. The minimum Gasteiger partial charge on any atom is -0.352 e. The van der Waals surface area contributed by atoms with Gasteiger partial charge in [0, 0.05) is 30.0 Å². The lowest BCUT2D eigenvalue weighted by atomic mass is 10.1. The second-order valence-corrected chi connectivity index (χ2v) is 11.4. The lowest BCUT2D eigenvalue weighted by Gasteiger charge is -2.30. The predicted molar refractivity (Wildman–Crippen MR) is 136 cm³/mol. The molecule has 2 aromatic rings. The van der Waals surface area contributed by atoms with Crippen molar-refractivity contribution in [1.82, 2.24) is 14.5 Å². The van der Waals surface area contributed by atoms with Gasteiger partial charge in [0.05, 0.1) is 5.56 Å². The fourth-order valence-corrected chi connectivity index (χ4v) is 5.68. The Labute approximate surface area is 214 Å². The molecule has 1 aliphatic heterocycles. The Morgan fingerprint density at radius 1 is 1.09 bits per heavy atom. The van der Waals surface area contributed by atoms with Gasteiger partial charge in [-0.1, -0.05) is 47.1 Å². The minimum absolute atomic E-state index is 0.00682. The lowest BCUT2D eigenvalue weighted by Crippen LogP contribution is -2.49. The van der Waals surface area contributed by atoms with Crippen LogP contribution in [-0.4, -0.2) is 54.0 Å². The number of fused-ring (bicyclic) bond motifs is 1. The van der Waals surface area contributed by atoms with Crippen molar-refractivity contribution < 1.29 is 22.8 Å². The first-order chi connectivity index (χ1) is 16.6. The molecule has 10 heteroatoms. The summed E-state index contributed by atoms with van der Waals surface area (Å²) in [6, 6.07) is 12.8. The van der Waals surface area contributed by atoms with Crippen LogP contribution in [0.1, 0.15) is 56.0 Å². The van der Waals surface area contributed by atoms with Gasteiger partial charge in [-0.05, 0) is 56.5 Å². The number of amides is 3. The summed E-state index contributed by atoms with van der Waals surface area (Å²) in [6.45, 7) is 5.66. The molecule has 8 nitrogen and oxygen atoms in total. The molecule has 3 rings (SSSR count). The maximum atomic E-state index is 13.2. The van der Waals surface area contributed by atoms with Crippen molar-refractivity contribution >= 4 is 43.7 Å². The fraction of sp³-hybridized carbons (Fsp3) is 0.400. The second-order valence-electron chi connectivity index (χ2n) is 8.62. The largest absolute Gasteiger partial charge is 0.352 e. The van der Waals surface area contributed by atoms with Crippen LogP contribution in [0.25, 0.3) is 0 Å². The minimum atomic E-state index is -3.92. The quantitative estimate of drug-likeness (QED) is 0.474. The van der Waals surface area contributed by atoms with Crippen molar-refractivity contribution in [2.75, 3.05) is 6.54 Å². The van der Waals surface area contributed by atoms with Crippen molar-refractivity contribution in [3.05, 3.63) is 64.1 Å². The van der Waals surface area contributed by atoms with Gasteiger partial charge in [0.1, 0.15) is 10.9 Å². The van der Waals surface area contributed by atoms with Crippen molar-refractivity contribution in [3.63, 3.8) is 0 Å². The van der Waals surface area contributed by atoms with Crippen LogP contribution < -0.4 is 5.32 Å². The zero-order valence-electron chi connectivity index (χ0n) is 20.0. The highest BCUT2D eigenvalue weighted by Crippen LogP contribution is 2.30. The molecule has 0 saturated heterocycles. The molecule has 1 N–H and O–H groups in total. The lowest BCUT2D eigenvalue weighted by molar-refractivity contribution is -0.141. The van der Waals surface area contributed by atoms with Crippen LogP contribution in [0.5, 0.6) is 0 Å². The Hall–Kier alpha value is -2.72. The summed E-state index contributed by atoms with van der Waals surface area (Å²) in [5.74, 6) is -1.13. The van der Waals surface area contributed by atoms with Gasteiger partial charge in [0.25, 0.3) is 15.9 Å². The number of hydrogen-bond donors (Lipinski definition) is 1. The average molecular weight is 565 g/mol. The van der Waals surface area contributed by atoms with Crippen molar-refractivity contribution in [2.24, 2.45) is 0 Å². The number of benzene rings is 2. The van der Waals surface area contributed by atoms with Gasteiger partial charge in [0.15, 0.2) is 0 Å². The van der Waals surface area contributed by atoms with E-state index in [4.69, 9.17) is 0 Å². The monoisotopic (exact) mass is 563 g/mol.